The van der Waals surface area contributed by atoms with Crippen LogP contribution in [0.15, 0.2) is 0 Å². The van der Waals surface area contributed by atoms with Crippen LogP contribution >= 0.6 is 0 Å². The maximum Gasteiger partial charge on any atom is 0.333 e. The van der Waals surface area contributed by atoms with E-state index in [1.54, 1.807) is 0 Å². The molecule has 0 aromatic rings. The van der Waals surface area contributed by atoms with Gasteiger partial charge >= 0.3 is 5.97 Å². The average molecular weight is 190 g/mol. The Bertz CT molecular complexity index is 193. The molecular formula is C7H14N2O4. The number of aliphatic hydroxyl groups excluding tert-OH is 1. The third kappa shape index (κ3) is 6.06. The quantitative estimate of drug-likeness (QED) is 0.410. The smallest absolute Gasteiger partial charge is 0.333 e. The number of hydrogen-bond acceptors (Lipinski definition) is 4. The van der Waals surface area contributed by atoms with Crippen molar-refractivity contribution in [1.82, 2.24) is 10.9 Å². The SMILES string of the molecule is CC(C)NNC(=O)C[C@@H](O)C(=O)O. The van der Waals surface area contributed by atoms with Crippen LogP contribution < -0.4 is 10.9 Å². The van der Waals surface area contributed by atoms with E-state index in [2.05, 4.69) is 10.9 Å². The predicted octanol–water partition coefficient (Wildman–Crippen LogP) is -1.15. The average Bonchev–Trinajstić information content (AvgIpc) is 2.00. The number of carbonyl (C=O) groups is 2. The lowest BCUT2D eigenvalue weighted by Gasteiger charge is -2.10. The highest BCUT2D eigenvalue weighted by molar-refractivity contribution is 5.83. The molecule has 0 fully saturated rings. The number of aliphatic hydroxyl groups is 1. The maximum absolute atomic E-state index is 10.9. The predicted molar refractivity (Wildman–Crippen MR) is 44.7 cm³/mol. The standard InChI is InChI=1S/C7H14N2O4/c1-4(2)8-9-6(11)3-5(10)7(12)13/h4-5,8,10H,3H2,1-2H3,(H,9,11)(H,12,13)/t5-/m1/s1. The molecule has 4 N–H and O–H groups in total. The molecule has 0 spiro atoms. The van der Waals surface area contributed by atoms with E-state index >= 15 is 0 Å². The number of hydrogen-bond donors (Lipinski definition) is 4. The number of carboxylic acid groups (broad SMARTS) is 1. The highest BCUT2D eigenvalue weighted by Crippen LogP contribution is 1.90. The molecule has 0 aliphatic heterocycles. The van der Waals surface area contributed by atoms with Gasteiger partial charge in [0.05, 0.1) is 6.42 Å². The third-order valence-corrected chi connectivity index (χ3v) is 1.16. The van der Waals surface area contributed by atoms with Crippen molar-refractivity contribution in [2.45, 2.75) is 32.4 Å². The molecule has 0 bridgehead atoms. The Balaban J connectivity index is 3.68. The van der Waals surface area contributed by atoms with Crippen molar-refractivity contribution in [3.05, 3.63) is 0 Å². The summed E-state index contributed by atoms with van der Waals surface area (Å²) in [5, 5.41) is 17.0. The number of carbonyl (C=O) groups excluding carboxylic acids is 1. The van der Waals surface area contributed by atoms with Crippen molar-refractivity contribution in [2.24, 2.45) is 0 Å². The highest BCUT2D eigenvalue weighted by Gasteiger charge is 2.17. The van der Waals surface area contributed by atoms with Gasteiger partial charge in [-0.25, -0.2) is 10.2 Å². The first kappa shape index (κ1) is 11.9. The summed E-state index contributed by atoms with van der Waals surface area (Å²) in [4.78, 5) is 21.0. The number of rotatable bonds is 5. The molecule has 0 heterocycles. The van der Waals surface area contributed by atoms with Crippen LogP contribution in [0, 0.1) is 0 Å². The second kappa shape index (κ2) is 5.50. The van der Waals surface area contributed by atoms with E-state index in [1.165, 1.54) is 0 Å². The molecule has 0 unspecified atom stereocenters. The number of hydrazine groups is 1. The van der Waals surface area contributed by atoms with Gasteiger partial charge in [0.15, 0.2) is 6.10 Å². The van der Waals surface area contributed by atoms with Crippen LogP contribution in [0.1, 0.15) is 20.3 Å². The molecule has 0 aliphatic rings. The van der Waals surface area contributed by atoms with Crippen LogP contribution in [0.4, 0.5) is 0 Å². The first-order valence-corrected chi connectivity index (χ1v) is 3.88. The van der Waals surface area contributed by atoms with Crippen molar-refractivity contribution < 1.29 is 19.8 Å². The van der Waals surface area contributed by atoms with Crippen molar-refractivity contribution in [3.8, 4) is 0 Å². The molecule has 6 heteroatoms. The second-order valence-corrected chi connectivity index (χ2v) is 2.91. The molecule has 0 rings (SSSR count). The summed E-state index contributed by atoms with van der Waals surface area (Å²) in [5.41, 5.74) is 4.84. The lowest BCUT2D eigenvalue weighted by Crippen LogP contribution is -2.43. The number of carboxylic acids is 1. The molecule has 1 atom stereocenters. The van der Waals surface area contributed by atoms with Gasteiger partial charge in [-0.05, 0) is 13.8 Å². The molecule has 13 heavy (non-hydrogen) atoms. The molecule has 76 valence electrons. The fourth-order valence-corrected chi connectivity index (χ4v) is 0.539. The minimum Gasteiger partial charge on any atom is -0.479 e. The number of aliphatic carboxylic acids is 1. The molecule has 0 radical (unpaired) electrons. The summed E-state index contributed by atoms with van der Waals surface area (Å²) >= 11 is 0. The van der Waals surface area contributed by atoms with E-state index < -0.39 is 24.4 Å². The Hall–Kier alpha value is -1.14. The van der Waals surface area contributed by atoms with Crippen molar-refractivity contribution in [2.75, 3.05) is 0 Å². The van der Waals surface area contributed by atoms with Crippen LogP contribution in [0.2, 0.25) is 0 Å². The zero-order valence-electron chi connectivity index (χ0n) is 7.57. The van der Waals surface area contributed by atoms with Gasteiger partial charge in [-0.2, -0.15) is 0 Å². The van der Waals surface area contributed by atoms with Gasteiger partial charge in [0.25, 0.3) is 0 Å². The zero-order chi connectivity index (χ0) is 10.4. The van der Waals surface area contributed by atoms with Gasteiger partial charge in [-0.15, -0.1) is 0 Å². The molecule has 0 aromatic carbocycles. The van der Waals surface area contributed by atoms with Crippen LogP contribution in [0.5, 0.6) is 0 Å². The van der Waals surface area contributed by atoms with Gasteiger partial charge in [-0.3, -0.25) is 10.2 Å². The molecule has 0 aromatic heterocycles. The third-order valence-electron chi connectivity index (χ3n) is 1.16. The Morgan fingerprint density at radius 2 is 1.92 bits per heavy atom. The lowest BCUT2D eigenvalue weighted by atomic mass is 10.2. The Morgan fingerprint density at radius 3 is 2.31 bits per heavy atom. The van der Waals surface area contributed by atoms with Gasteiger partial charge in [-0.1, -0.05) is 0 Å². The summed E-state index contributed by atoms with van der Waals surface area (Å²) in [6, 6.07) is 0.0610. The van der Waals surface area contributed by atoms with Crippen molar-refractivity contribution >= 4 is 11.9 Å². The monoisotopic (exact) mass is 190 g/mol. The summed E-state index contributed by atoms with van der Waals surface area (Å²) in [5.74, 6) is -1.96. The van der Waals surface area contributed by atoms with Crippen LogP contribution in [-0.2, 0) is 9.59 Å². The van der Waals surface area contributed by atoms with Gasteiger partial charge in [0.1, 0.15) is 0 Å². The fraction of sp³-hybridized carbons (Fsp3) is 0.714. The van der Waals surface area contributed by atoms with Crippen LogP contribution in [0.25, 0.3) is 0 Å². The largest absolute Gasteiger partial charge is 0.479 e. The topological polar surface area (TPSA) is 98.7 Å². The van der Waals surface area contributed by atoms with E-state index in [-0.39, 0.29) is 6.04 Å². The molecule has 0 aliphatic carbocycles. The zero-order valence-corrected chi connectivity index (χ0v) is 7.57. The van der Waals surface area contributed by atoms with Crippen LogP contribution in [0.3, 0.4) is 0 Å². The molecule has 6 nitrogen and oxygen atoms in total. The minimum atomic E-state index is -1.64. The van der Waals surface area contributed by atoms with E-state index in [0.717, 1.165) is 0 Å². The second-order valence-electron chi connectivity index (χ2n) is 2.91. The van der Waals surface area contributed by atoms with E-state index in [4.69, 9.17) is 10.2 Å². The van der Waals surface area contributed by atoms with Gasteiger partial charge in [0, 0.05) is 6.04 Å². The van der Waals surface area contributed by atoms with Crippen molar-refractivity contribution in [1.29, 1.82) is 0 Å². The summed E-state index contributed by atoms with van der Waals surface area (Å²) in [7, 11) is 0. The fourth-order valence-electron chi connectivity index (χ4n) is 0.539. The normalized spacial score (nSPS) is 12.6. The first-order chi connectivity index (χ1) is 5.93. The molecule has 1 amide bonds. The molecular weight excluding hydrogens is 176 g/mol. The Morgan fingerprint density at radius 1 is 1.38 bits per heavy atom. The van der Waals surface area contributed by atoms with E-state index in [9.17, 15) is 9.59 Å². The summed E-state index contributed by atoms with van der Waals surface area (Å²) in [6.45, 7) is 3.63. The minimum absolute atomic E-state index is 0.0610. The Labute approximate surface area is 75.9 Å². The number of amides is 1. The van der Waals surface area contributed by atoms with E-state index in [0.29, 0.717) is 0 Å². The Kier molecular flexibility index (Phi) is 5.01. The van der Waals surface area contributed by atoms with Crippen LogP contribution in [-0.4, -0.2) is 34.2 Å². The van der Waals surface area contributed by atoms with Crippen molar-refractivity contribution in [3.63, 3.8) is 0 Å². The number of nitrogens with one attached hydrogen (secondary N) is 2. The molecule has 0 saturated carbocycles. The summed E-state index contributed by atoms with van der Waals surface area (Å²) < 4.78 is 0. The maximum atomic E-state index is 10.9. The molecule has 0 saturated heterocycles. The summed E-state index contributed by atoms with van der Waals surface area (Å²) in [6.07, 6.45) is -2.09. The van der Waals surface area contributed by atoms with Gasteiger partial charge in [0.2, 0.25) is 5.91 Å². The first-order valence-electron chi connectivity index (χ1n) is 3.88. The lowest BCUT2D eigenvalue weighted by molar-refractivity contribution is -0.149. The van der Waals surface area contributed by atoms with Gasteiger partial charge < -0.3 is 10.2 Å². The highest BCUT2D eigenvalue weighted by atomic mass is 16.4. The van der Waals surface area contributed by atoms with E-state index in [1.807, 2.05) is 13.8 Å².